The average Bonchev–Trinajstić information content (AvgIpc) is 2.70. The third-order valence-electron chi connectivity index (χ3n) is 2.24. The Morgan fingerprint density at radius 2 is 2.31 bits per heavy atom. The van der Waals surface area contributed by atoms with E-state index in [9.17, 15) is 4.79 Å². The van der Waals surface area contributed by atoms with Gasteiger partial charge in [-0.2, -0.15) is 0 Å². The number of thiophene rings is 1. The number of halogens is 2. The molecule has 0 N–H and O–H groups in total. The SMILES string of the molecule is CCCCN(CCCl)C(=O)c1csc(Br)c1. The Bertz CT molecular complexity index is 342. The molecule has 0 spiro atoms. The minimum Gasteiger partial charge on any atom is -0.337 e. The van der Waals surface area contributed by atoms with Gasteiger partial charge in [0.25, 0.3) is 5.91 Å². The Morgan fingerprint density at radius 1 is 1.56 bits per heavy atom. The monoisotopic (exact) mass is 323 g/mol. The van der Waals surface area contributed by atoms with E-state index in [1.54, 1.807) is 0 Å². The van der Waals surface area contributed by atoms with Gasteiger partial charge >= 0.3 is 0 Å². The van der Waals surface area contributed by atoms with Crippen LogP contribution in [-0.4, -0.2) is 29.8 Å². The van der Waals surface area contributed by atoms with E-state index in [2.05, 4.69) is 22.9 Å². The quantitative estimate of drug-likeness (QED) is 0.725. The van der Waals surface area contributed by atoms with Crippen LogP contribution in [0.15, 0.2) is 15.2 Å². The normalized spacial score (nSPS) is 10.4. The Labute approximate surface area is 114 Å². The highest BCUT2D eigenvalue weighted by Crippen LogP contribution is 2.21. The van der Waals surface area contributed by atoms with Gasteiger partial charge in [-0.15, -0.1) is 22.9 Å². The average molecular weight is 325 g/mol. The van der Waals surface area contributed by atoms with Crippen molar-refractivity contribution in [3.63, 3.8) is 0 Å². The molecule has 5 heteroatoms. The number of amides is 1. The highest BCUT2D eigenvalue weighted by atomic mass is 79.9. The summed E-state index contributed by atoms with van der Waals surface area (Å²) in [5.41, 5.74) is 0.748. The molecule has 90 valence electrons. The third kappa shape index (κ3) is 4.07. The number of alkyl halides is 1. The largest absolute Gasteiger partial charge is 0.337 e. The highest BCUT2D eigenvalue weighted by molar-refractivity contribution is 9.11. The van der Waals surface area contributed by atoms with Crippen LogP contribution in [0.25, 0.3) is 0 Å². The van der Waals surface area contributed by atoms with Crippen molar-refractivity contribution >= 4 is 44.8 Å². The van der Waals surface area contributed by atoms with Gasteiger partial charge in [0.1, 0.15) is 0 Å². The van der Waals surface area contributed by atoms with E-state index < -0.39 is 0 Å². The van der Waals surface area contributed by atoms with Gasteiger partial charge in [-0.3, -0.25) is 4.79 Å². The van der Waals surface area contributed by atoms with E-state index in [1.807, 2.05) is 16.3 Å². The maximum absolute atomic E-state index is 12.1. The number of nitrogens with zero attached hydrogens (tertiary/aromatic N) is 1. The molecule has 2 nitrogen and oxygen atoms in total. The van der Waals surface area contributed by atoms with Crippen LogP contribution in [0.4, 0.5) is 0 Å². The van der Waals surface area contributed by atoms with E-state index in [4.69, 9.17) is 11.6 Å². The summed E-state index contributed by atoms with van der Waals surface area (Å²) >= 11 is 10.6. The molecule has 0 fully saturated rings. The number of rotatable bonds is 6. The van der Waals surface area contributed by atoms with Crippen molar-refractivity contribution in [1.29, 1.82) is 0 Å². The summed E-state index contributed by atoms with van der Waals surface area (Å²) in [4.78, 5) is 13.9. The number of carbonyl (C=O) groups is 1. The fraction of sp³-hybridized carbons (Fsp3) is 0.545. The van der Waals surface area contributed by atoms with Crippen molar-refractivity contribution in [2.45, 2.75) is 19.8 Å². The molecule has 0 saturated heterocycles. The first-order valence-corrected chi connectivity index (χ1v) is 7.49. The smallest absolute Gasteiger partial charge is 0.254 e. The molecule has 1 aromatic heterocycles. The highest BCUT2D eigenvalue weighted by Gasteiger charge is 2.15. The first kappa shape index (κ1) is 14.0. The lowest BCUT2D eigenvalue weighted by molar-refractivity contribution is 0.0764. The predicted octanol–water partition coefficient (Wildman–Crippen LogP) is 3.99. The molecule has 1 heterocycles. The zero-order valence-corrected chi connectivity index (χ0v) is 12.4. The molecule has 0 radical (unpaired) electrons. The standard InChI is InChI=1S/C11H15BrClNOS/c1-2-3-5-14(6-4-13)11(15)9-7-10(12)16-8-9/h7-8H,2-6H2,1H3. The second-order valence-corrected chi connectivity index (χ2v) is 6.14. The molecule has 0 aliphatic rings. The molecule has 16 heavy (non-hydrogen) atoms. The van der Waals surface area contributed by atoms with E-state index in [0.717, 1.165) is 28.7 Å². The molecule has 0 aliphatic carbocycles. The van der Waals surface area contributed by atoms with Gasteiger partial charge in [-0.25, -0.2) is 0 Å². The van der Waals surface area contributed by atoms with Crippen LogP contribution in [0.3, 0.4) is 0 Å². The lowest BCUT2D eigenvalue weighted by atomic mass is 10.2. The zero-order chi connectivity index (χ0) is 12.0. The maximum atomic E-state index is 12.1. The topological polar surface area (TPSA) is 20.3 Å². The summed E-state index contributed by atoms with van der Waals surface area (Å²) in [7, 11) is 0. The molecular weight excluding hydrogens is 310 g/mol. The lowest BCUT2D eigenvalue weighted by Gasteiger charge is -2.20. The molecule has 0 aliphatic heterocycles. The lowest BCUT2D eigenvalue weighted by Crippen LogP contribution is -2.33. The van der Waals surface area contributed by atoms with Crippen LogP contribution in [0.5, 0.6) is 0 Å². The van der Waals surface area contributed by atoms with Crippen LogP contribution < -0.4 is 0 Å². The van der Waals surface area contributed by atoms with Crippen LogP contribution in [0, 0.1) is 0 Å². The van der Waals surface area contributed by atoms with Gasteiger partial charge < -0.3 is 4.90 Å². The van der Waals surface area contributed by atoms with Crippen LogP contribution in [0.1, 0.15) is 30.1 Å². The first-order chi connectivity index (χ1) is 7.69. The summed E-state index contributed by atoms with van der Waals surface area (Å²) in [6.07, 6.45) is 2.10. The second-order valence-electron chi connectivity index (χ2n) is 3.47. The van der Waals surface area contributed by atoms with Crippen LogP contribution in [-0.2, 0) is 0 Å². The van der Waals surface area contributed by atoms with E-state index in [-0.39, 0.29) is 5.91 Å². The molecule has 1 amide bonds. The molecular formula is C11H15BrClNOS. The Morgan fingerprint density at radius 3 is 2.81 bits per heavy atom. The van der Waals surface area contributed by atoms with Gasteiger partial charge in [0.15, 0.2) is 0 Å². The van der Waals surface area contributed by atoms with Gasteiger partial charge in [-0.05, 0) is 28.4 Å². The summed E-state index contributed by atoms with van der Waals surface area (Å²) in [6.45, 7) is 3.52. The third-order valence-corrected chi connectivity index (χ3v) is 3.91. The van der Waals surface area contributed by atoms with Gasteiger partial charge in [0.05, 0.1) is 9.35 Å². The Kier molecular flexibility index (Phi) is 6.39. The summed E-state index contributed by atoms with van der Waals surface area (Å²) in [5.74, 6) is 0.567. The van der Waals surface area contributed by atoms with Gasteiger partial charge in [0, 0.05) is 24.3 Å². The van der Waals surface area contributed by atoms with Gasteiger partial charge in [0.2, 0.25) is 0 Å². The first-order valence-electron chi connectivity index (χ1n) is 5.28. The number of hydrogen-bond acceptors (Lipinski definition) is 2. The molecule has 0 atom stereocenters. The van der Waals surface area contributed by atoms with E-state index in [0.29, 0.717) is 12.4 Å². The van der Waals surface area contributed by atoms with Crippen molar-refractivity contribution in [1.82, 2.24) is 4.90 Å². The second kappa shape index (κ2) is 7.30. The Balaban J connectivity index is 2.66. The molecule has 0 unspecified atom stereocenters. The fourth-order valence-corrected chi connectivity index (χ4v) is 2.71. The number of hydrogen-bond donors (Lipinski definition) is 0. The zero-order valence-electron chi connectivity index (χ0n) is 9.21. The van der Waals surface area contributed by atoms with Crippen molar-refractivity contribution in [2.24, 2.45) is 0 Å². The molecule has 0 aromatic carbocycles. The van der Waals surface area contributed by atoms with Crippen molar-refractivity contribution in [3.8, 4) is 0 Å². The van der Waals surface area contributed by atoms with Crippen LogP contribution >= 0.6 is 38.9 Å². The van der Waals surface area contributed by atoms with Crippen molar-refractivity contribution in [2.75, 3.05) is 19.0 Å². The minimum atomic E-state index is 0.0797. The molecule has 0 bridgehead atoms. The fourth-order valence-electron chi connectivity index (χ4n) is 1.37. The Hall–Kier alpha value is -0.0600. The molecule has 1 rings (SSSR count). The van der Waals surface area contributed by atoms with Gasteiger partial charge in [-0.1, -0.05) is 13.3 Å². The van der Waals surface area contributed by atoms with E-state index in [1.165, 1.54) is 11.3 Å². The maximum Gasteiger partial charge on any atom is 0.254 e. The molecule has 0 saturated carbocycles. The number of carbonyl (C=O) groups excluding carboxylic acids is 1. The summed E-state index contributed by atoms with van der Waals surface area (Å²) < 4.78 is 0.983. The minimum absolute atomic E-state index is 0.0797. The predicted molar refractivity (Wildman–Crippen MR) is 73.6 cm³/mol. The van der Waals surface area contributed by atoms with Crippen molar-refractivity contribution < 1.29 is 4.79 Å². The van der Waals surface area contributed by atoms with Crippen molar-refractivity contribution in [3.05, 3.63) is 20.8 Å². The van der Waals surface area contributed by atoms with Crippen LogP contribution in [0.2, 0.25) is 0 Å². The number of unbranched alkanes of at least 4 members (excludes halogenated alkanes) is 1. The summed E-state index contributed by atoms with van der Waals surface area (Å²) in [5, 5.41) is 1.87. The molecule has 1 aromatic rings. The summed E-state index contributed by atoms with van der Waals surface area (Å²) in [6, 6.07) is 1.86. The van der Waals surface area contributed by atoms with E-state index >= 15 is 0 Å².